The van der Waals surface area contributed by atoms with Crippen molar-refractivity contribution in [3.8, 4) is 0 Å². The van der Waals surface area contributed by atoms with E-state index < -0.39 is 0 Å². The Balaban J connectivity index is 1.81. The first kappa shape index (κ1) is 19.4. The summed E-state index contributed by atoms with van der Waals surface area (Å²) in [7, 11) is 0. The third-order valence-corrected chi connectivity index (χ3v) is 6.11. The molecule has 0 aliphatic carbocycles. The lowest BCUT2D eigenvalue weighted by molar-refractivity contribution is -0.133. The Labute approximate surface area is 165 Å². The van der Waals surface area contributed by atoms with Crippen LogP contribution in [-0.2, 0) is 4.79 Å². The molecule has 0 N–H and O–H groups in total. The van der Waals surface area contributed by atoms with Gasteiger partial charge in [0.05, 0.1) is 12.3 Å². The summed E-state index contributed by atoms with van der Waals surface area (Å²) in [4.78, 5) is 15.9. The summed E-state index contributed by atoms with van der Waals surface area (Å²) in [6, 6.07) is 16.8. The molecule has 2 atom stereocenters. The van der Waals surface area contributed by atoms with Gasteiger partial charge in [-0.05, 0) is 49.4 Å². The number of benzene rings is 1. The molecule has 0 radical (unpaired) electrons. The normalized spacial score (nSPS) is 13.3. The Hall–Kier alpha value is -2.33. The maximum absolute atomic E-state index is 12.6. The van der Waals surface area contributed by atoms with E-state index in [-0.39, 0.29) is 17.9 Å². The molecule has 0 unspecified atom stereocenters. The highest BCUT2D eigenvalue weighted by Crippen LogP contribution is 2.31. The molecule has 3 aromatic rings. The van der Waals surface area contributed by atoms with E-state index in [1.165, 1.54) is 16.0 Å². The van der Waals surface area contributed by atoms with Crippen LogP contribution in [-0.4, -0.2) is 17.4 Å². The van der Waals surface area contributed by atoms with Crippen molar-refractivity contribution in [3.63, 3.8) is 0 Å². The monoisotopic (exact) mass is 381 g/mol. The third-order valence-electron chi connectivity index (χ3n) is 5.07. The number of furan rings is 1. The number of aryl methyl sites for hydroxylation is 1. The maximum Gasteiger partial charge on any atom is 0.222 e. The highest BCUT2D eigenvalue weighted by Gasteiger charge is 2.24. The molecular formula is C23H27NO2S. The summed E-state index contributed by atoms with van der Waals surface area (Å²) in [5.41, 5.74) is 2.47. The first-order chi connectivity index (χ1) is 13.1. The van der Waals surface area contributed by atoms with Crippen LogP contribution in [0.15, 0.2) is 64.6 Å². The molecule has 142 valence electrons. The van der Waals surface area contributed by atoms with Crippen molar-refractivity contribution in [1.29, 1.82) is 0 Å². The molecule has 2 heterocycles. The van der Waals surface area contributed by atoms with Gasteiger partial charge in [-0.3, -0.25) is 4.79 Å². The minimum Gasteiger partial charge on any atom is -0.469 e. The Morgan fingerprint density at radius 3 is 2.52 bits per heavy atom. The fourth-order valence-corrected chi connectivity index (χ4v) is 4.25. The van der Waals surface area contributed by atoms with Crippen LogP contribution in [0.5, 0.6) is 0 Å². The topological polar surface area (TPSA) is 33.5 Å². The van der Waals surface area contributed by atoms with Crippen molar-refractivity contribution in [1.82, 2.24) is 4.90 Å². The summed E-state index contributed by atoms with van der Waals surface area (Å²) in [5.74, 6) is 1.29. The standard InChI is InChI=1S/C23H27NO2S/c1-4-23(25)24(18(3)22-8-6-16-27-22)14-13-20(21-7-5-15-26-21)19-11-9-17(2)10-12-19/h5-12,15-16,18,20H,4,13-14H2,1-3H3/t18-,20+/m0/s1. The van der Waals surface area contributed by atoms with Gasteiger partial charge in [0.2, 0.25) is 5.91 Å². The van der Waals surface area contributed by atoms with E-state index in [9.17, 15) is 4.79 Å². The first-order valence-corrected chi connectivity index (χ1v) is 10.4. The van der Waals surface area contributed by atoms with Gasteiger partial charge < -0.3 is 9.32 Å². The molecule has 0 saturated heterocycles. The average molecular weight is 382 g/mol. The predicted octanol–water partition coefficient (Wildman–Crippen LogP) is 6.17. The lowest BCUT2D eigenvalue weighted by atomic mass is 9.92. The molecule has 1 aromatic carbocycles. The van der Waals surface area contributed by atoms with Crippen LogP contribution in [0.25, 0.3) is 0 Å². The van der Waals surface area contributed by atoms with Crippen molar-refractivity contribution in [2.75, 3.05) is 6.54 Å². The quantitative estimate of drug-likeness (QED) is 0.467. The van der Waals surface area contributed by atoms with E-state index >= 15 is 0 Å². The lowest BCUT2D eigenvalue weighted by Crippen LogP contribution is -2.34. The van der Waals surface area contributed by atoms with Gasteiger partial charge in [0.1, 0.15) is 5.76 Å². The van der Waals surface area contributed by atoms with Gasteiger partial charge in [-0.2, -0.15) is 0 Å². The average Bonchev–Trinajstić information content (AvgIpc) is 3.39. The largest absolute Gasteiger partial charge is 0.469 e. The van der Waals surface area contributed by atoms with Gasteiger partial charge in [0.15, 0.2) is 0 Å². The minimum atomic E-state index is 0.0905. The summed E-state index contributed by atoms with van der Waals surface area (Å²) < 4.78 is 5.73. The zero-order valence-electron chi connectivity index (χ0n) is 16.2. The van der Waals surface area contributed by atoms with Gasteiger partial charge in [-0.1, -0.05) is 42.8 Å². The highest BCUT2D eigenvalue weighted by molar-refractivity contribution is 7.10. The fraction of sp³-hybridized carbons (Fsp3) is 0.348. The number of amides is 1. The lowest BCUT2D eigenvalue weighted by Gasteiger charge is -2.30. The number of carbonyl (C=O) groups is 1. The van der Waals surface area contributed by atoms with Crippen molar-refractivity contribution in [2.24, 2.45) is 0 Å². The zero-order chi connectivity index (χ0) is 19.2. The van der Waals surface area contributed by atoms with Crippen molar-refractivity contribution in [2.45, 2.75) is 45.6 Å². The zero-order valence-corrected chi connectivity index (χ0v) is 17.0. The van der Waals surface area contributed by atoms with Gasteiger partial charge in [-0.25, -0.2) is 0 Å². The van der Waals surface area contributed by atoms with Crippen molar-refractivity contribution >= 4 is 17.2 Å². The third kappa shape index (κ3) is 4.69. The van der Waals surface area contributed by atoms with Crippen LogP contribution in [0.3, 0.4) is 0 Å². The van der Waals surface area contributed by atoms with E-state index in [0.29, 0.717) is 13.0 Å². The van der Waals surface area contributed by atoms with Gasteiger partial charge in [-0.15, -0.1) is 11.3 Å². The number of nitrogens with zero attached hydrogens (tertiary/aromatic N) is 1. The van der Waals surface area contributed by atoms with Crippen LogP contribution < -0.4 is 0 Å². The van der Waals surface area contributed by atoms with Crippen LogP contribution >= 0.6 is 11.3 Å². The van der Waals surface area contributed by atoms with Crippen LogP contribution in [0.1, 0.15) is 60.4 Å². The summed E-state index contributed by atoms with van der Waals surface area (Å²) in [6.07, 6.45) is 3.07. The molecule has 0 aliphatic heterocycles. The maximum atomic E-state index is 12.6. The molecule has 0 spiro atoms. The molecule has 0 aliphatic rings. The smallest absolute Gasteiger partial charge is 0.222 e. The number of rotatable bonds is 8. The Kier molecular flexibility index (Phi) is 6.51. The van der Waals surface area contributed by atoms with Crippen LogP contribution in [0.2, 0.25) is 0 Å². The Bertz CT molecular complexity index is 822. The van der Waals surface area contributed by atoms with E-state index in [2.05, 4.69) is 49.6 Å². The van der Waals surface area contributed by atoms with E-state index in [4.69, 9.17) is 4.42 Å². The van der Waals surface area contributed by atoms with Gasteiger partial charge in [0.25, 0.3) is 0 Å². The second-order valence-electron chi connectivity index (χ2n) is 6.90. The fourth-order valence-electron chi connectivity index (χ4n) is 3.45. The van der Waals surface area contributed by atoms with Gasteiger partial charge >= 0.3 is 0 Å². The van der Waals surface area contributed by atoms with E-state index in [0.717, 1.165) is 12.2 Å². The predicted molar refractivity (Wildman–Crippen MR) is 111 cm³/mol. The van der Waals surface area contributed by atoms with Crippen LogP contribution in [0.4, 0.5) is 0 Å². The Morgan fingerprint density at radius 1 is 1.15 bits per heavy atom. The van der Waals surface area contributed by atoms with Crippen molar-refractivity contribution < 1.29 is 9.21 Å². The van der Waals surface area contributed by atoms with E-state index in [1.807, 2.05) is 30.0 Å². The molecule has 27 heavy (non-hydrogen) atoms. The molecule has 1 amide bonds. The summed E-state index contributed by atoms with van der Waals surface area (Å²) >= 11 is 1.70. The SMILES string of the molecule is CCC(=O)N(CC[C@H](c1ccc(C)cc1)c1ccco1)[C@@H](C)c1cccs1. The molecule has 3 rings (SSSR count). The number of hydrogen-bond donors (Lipinski definition) is 0. The number of carbonyl (C=O) groups excluding carboxylic acids is 1. The number of thiophene rings is 1. The first-order valence-electron chi connectivity index (χ1n) is 9.53. The van der Waals surface area contributed by atoms with Crippen LogP contribution in [0, 0.1) is 6.92 Å². The molecule has 0 saturated carbocycles. The van der Waals surface area contributed by atoms with Crippen molar-refractivity contribution in [3.05, 3.63) is 81.9 Å². The van der Waals surface area contributed by atoms with Gasteiger partial charge in [0, 0.05) is 23.8 Å². The molecule has 3 nitrogen and oxygen atoms in total. The number of hydrogen-bond acceptors (Lipinski definition) is 3. The molecule has 0 fully saturated rings. The molecular weight excluding hydrogens is 354 g/mol. The minimum absolute atomic E-state index is 0.0905. The molecule has 2 aromatic heterocycles. The summed E-state index contributed by atoms with van der Waals surface area (Å²) in [5, 5.41) is 2.07. The Morgan fingerprint density at radius 2 is 1.93 bits per heavy atom. The molecule has 4 heteroatoms. The molecule has 0 bridgehead atoms. The van der Waals surface area contributed by atoms with E-state index in [1.54, 1.807) is 17.6 Å². The highest BCUT2D eigenvalue weighted by atomic mass is 32.1. The summed E-state index contributed by atoms with van der Waals surface area (Å²) in [6.45, 7) is 6.84. The second kappa shape index (κ2) is 9.05. The second-order valence-corrected chi connectivity index (χ2v) is 7.88.